The van der Waals surface area contributed by atoms with Gasteiger partial charge >= 0.3 is 0 Å². The molecule has 0 fully saturated rings. The lowest BCUT2D eigenvalue weighted by Gasteiger charge is -2.10. The molecule has 1 aromatic heterocycles. The fraction of sp³-hybridized carbons (Fsp3) is 0.538. The van der Waals surface area contributed by atoms with Crippen LogP contribution in [0, 0.1) is 5.92 Å². The van der Waals surface area contributed by atoms with Crippen LogP contribution < -0.4 is 5.32 Å². The average molecular weight is 268 g/mol. The van der Waals surface area contributed by atoms with Crippen molar-refractivity contribution >= 4 is 17.7 Å². The highest BCUT2D eigenvalue weighted by atomic mass is 32.2. The number of aliphatic hydroxyl groups is 1. The van der Waals surface area contributed by atoms with E-state index in [2.05, 4.69) is 10.3 Å². The van der Waals surface area contributed by atoms with Crippen LogP contribution in [0.5, 0.6) is 0 Å². The van der Waals surface area contributed by atoms with Crippen LogP contribution >= 0.6 is 11.8 Å². The molecular weight excluding hydrogens is 248 g/mol. The van der Waals surface area contributed by atoms with E-state index < -0.39 is 0 Å². The van der Waals surface area contributed by atoms with E-state index in [0.29, 0.717) is 18.2 Å². The standard InChI is InChI=1S/C13H20N2O2S/c1-11(4-7-16)8-15-13(17)10-18-9-12-2-5-14-6-3-12/h2-3,5-6,11,16H,4,7-10H2,1H3,(H,15,17). The minimum absolute atomic E-state index is 0.0545. The van der Waals surface area contributed by atoms with Gasteiger partial charge in [0.05, 0.1) is 5.75 Å². The number of pyridine rings is 1. The molecule has 0 bridgehead atoms. The fourth-order valence-corrected chi connectivity index (χ4v) is 2.22. The molecule has 0 radical (unpaired) electrons. The Morgan fingerprint density at radius 3 is 2.89 bits per heavy atom. The van der Waals surface area contributed by atoms with Gasteiger partial charge in [0.2, 0.25) is 5.91 Å². The van der Waals surface area contributed by atoms with Crippen molar-refractivity contribution in [2.75, 3.05) is 18.9 Å². The van der Waals surface area contributed by atoms with Crippen LogP contribution in [0.25, 0.3) is 0 Å². The number of hydrogen-bond donors (Lipinski definition) is 2. The third kappa shape index (κ3) is 6.61. The van der Waals surface area contributed by atoms with Crippen LogP contribution in [-0.2, 0) is 10.5 Å². The van der Waals surface area contributed by atoms with Gasteiger partial charge in [-0.2, -0.15) is 0 Å². The molecule has 1 heterocycles. The van der Waals surface area contributed by atoms with Crippen LogP contribution in [0.15, 0.2) is 24.5 Å². The van der Waals surface area contributed by atoms with Crippen LogP contribution in [-0.4, -0.2) is 34.9 Å². The second-order valence-corrected chi connectivity index (χ2v) is 5.26. The summed E-state index contributed by atoms with van der Waals surface area (Å²) in [6.07, 6.45) is 4.24. The minimum atomic E-state index is 0.0545. The van der Waals surface area contributed by atoms with Crippen molar-refractivity contribution in [1.29, 1.82) is 0 Å². The highest BCUT2D eigenvalue weighted by Crippen LogP contribution is 2.10. The highest BCUT2D eigenvalue weighted by Gasteiger charge is 2.05. The molecule has 1 atom stereocenters. The molecule has 5 heteroatoms. The molecule has 1 unspecified atom stereocenters. The molecule has 0 saturated carbocycles. The Hall–Kier alpha value is -1.07. The number of rotatable bonds is 8. The summed E-state index contributed by atoms with van der Waals surface area (Å²) in [6.45, 7) is 2.82. The maximum Gasteiger partial charge on any atom is 0.230 e. The molecule has 100 valence electrons. The quantitative estimate of drug-likeness (QED) is 0.749. The average Bonchev–Trinajstić information content (AvgIpc) is 2.38. The largest absolute Gasteiger partial charge is 0.396 e. The van der Waals surface area contributed by atoms with Crippen molar-refractivity contribution in [2.45, 2.75) is 19.1 Å². The molecule has 0 spiro atoms. The zero-order chi connectivity index (χ0) is 13.2. The van der Waals surface area contributed by atoms with E-state index in [0.717, 1.165) is 12.2 Å². The summed E-state index contributed by atoms with van der Waals surface area (Å²) >= 11 is 1.59. The van der Waals surface area contributed by atoms with Gasteiger partial charge in [0.25, 0.3) is 0 Å². The van der Waals surface area contributed by atoms with Crippen molar-refractivity contribution in [1.82, 2.24) is 10.3 Å². The summed E-state index contributed by atoms with van der Waals surface area (Å²) in [7, 11) is 0. The smallest absolute Gasteiger partial charge is 0.230 e. The Morgan fingerprint density at radius 2 is 2.22 bits per heavy atom. The van der Waals surface area contributed by atoms with Gasteiger partial charge in [-0.3, -0.25) is 9.78 Å². The number of nitrogens with one attached hydrogen (secondary N) is 1. The van der Waals surface area contributed by atoms with Crippen molar-refractivity contribution in [2.24, 2.45) is 5.92 Å². The van der Waals surface area contributed by atoms with Gasteiger partial charge < -0.3 is 10.4 Å². The second kappa shape index (κ2) is 8.94. The summed E-state index contributed by atoms with van der Waals surface area (Å²) in [5.41, 5.74) is 1.18. The van der Waals surface area contributed by atoms with E-state index >= 15 is 0 Å². The number of aromatic nitrogens is 1. The number of aliphatic hydroxyl groups excluding tert-OH is 1. The Kier molecular flexibility index (Phi) is 7.44. The molecular formula is C13H20N2O2S. The molecule has 0 saturated heterocycles. The van der Waals surface area contributed by atoms with E-state index in [4.69, 9.17) is 5.11 Å². The Balaban J connectivity index is 2.10. The Morgan fingerprint density at radius 1 is 1.50 bits per heavy atom. The van der Waals surface area contributed by atoms with Crippen molar-refractivity contribution in [3.63, 3.8) is 0 Å². The third-order valence-corrected chi connectivity index (χ3v) is 3.52. The van der Waals surface area contributed by atoms with Crippen molar-refractivity contribution in [3.8, 4) is 0 Å². The van der Waals surface area contributed by atoms with E-state index in [1.807, 2.05) is 19.1 Å². The highest BCUT2D eigenvalue weighted by molar-refractivity contribution is 7.99. The molecule has 1 rings (SSSR count). The monoisotopic (exact) mass is 268 g/mol. The summed E-state index contributed by atoms with van der Waals surface area (Å²) in [5, 5.41) is 11.6. The molecule has 0 aliphatic heterocycles. The molecule has 4 nitrogen and oxygen atoms in total. The molecule has 18 heavy (non-hydrogen) atoms. The number of amides is 1. The summed E-state index contributed by atoms with van der Waals surface area (Å²) < 4.78 is 0. The van der Waals surface area contributed by atoms with E-state index in [1.54, 1.807) is 24.2 Å². The SMILES string of the molecule is CC(CCO)CNC(=O)CSCc1ccncc1. The molecule has 1 amide bonds. The second-order valence-electron chi connectivity index (χ2n) is 4.27. The lowest BCUT2D eigenvalue weighted by Crippen LogP contribution is -2.30. The third-order valence-electron chi connectivity index (χ3n) is 2.52. The lowest BCUT2D eigenvalue weighted by atomic mass is 10.1. The zero-order valence-electron chi connectivity index (χ0n) is 10.6. The predicted molar refractivity (Wildman–Crippen MR) is 74.3 cm³/mol. The molecule has 2 N–H and O–H groups in total. The topological polar surface area (TPSA) is 62.2 Å². The first-order valence-corrected chi connectivity index (χ1v) is 7.22. The summed E-state index contributed by atoms with van der Waals surface area (Å²) in [4.78, 5) is 15.5. The summed E-state index contributed by atoms with van der Waals surface area (Å²) in [5.74, 6) is 1.67. The van der Waals surface area contributed by atoms with Gasteiger partial charge in [0, 0.05) is 31.3 Å². The minimum Gasteiger partial charge on any atom is -0.396 e. The van der Waals surface area contributed by atoms with Gasteiger partial charge in [-0.25, -0.2) is 0 Å². The summed E-state index contributed by atoms with van der Waals surface area (Å²) in [6, 6.07) is 3.91. The van der Waals surface area contributed by atoms with Crippen molar-refractivity contribution < 1.29 is 9.90 Å². The van der Waals surface area contributed by atoms with Gasteiger partial charge in [0.15, 0.2) is 0 Å². The van der Waals surface area contributed by atoms with Gasteiger partial charge in [-0.15, -0.1) is 11.8 Å². The van der Waals surface area contributed by atoms with E-state index in [-0.39, 0.29) is 12.5 Å². The first-order chi connectivity index (χ1) is 8.72. The fourth-order valence-electron chi connectivity index (χ4n) is 1.40. The predicted octanol–water partition coefficient (Wildman–Crippen LogP) is 1.45. The van der Waals surface area contributed by atoms with Gasteiger partial charge in [-0.05, 0) is 30.0 Å². The first kappa shape index (κ1) is 15.0. The molecule has 1 aromatic rings. The maximum atomic E-state index is 11.5. The zero-order valence-corrected chi connectivity index (χ0v) is 11.4. The maximum absolute atomic E-state index is 11.5. The Labute approximate surface area is 112 Å². The molecule has 0 aromatic carbocycles. The van der Waals surface area contributed by atoms with Crippen LogP contribution in [0.3, 0.4) is 0 Å². The molecule has 0 aliphatic rings. The number of hydrogen-bond acceptors (Lipinski definition) is 4. The van der Waals surface area contributed by atoms with E-state index in [1.165, 1.54) is 5.56 Å². The Bertz CT molecular complexity index is 346. The molecule has 0 aliphatic carbocycles. The van der Waals surface area contributed by atoms with Crippen LogP contribution in [0.1, 0.15) is 18.9 Å². The number of nitrogens with zero attached hydrogens (tertiary/aromatic N) is 1. The van der Waals surface area contributed by atoms with Crippen LogP contribution in [0.2, 0.25) is 0 Å². The number of thioether (sulfide) groups is 1. The van der Waals surface area contributed by atoms with Gasteiger partial charge in [0.1, 0.15) is 0 Å². The number of carbonyl (C=O) groups excluding carboxylic acids is 1. The first-order valence-electron chi connectivity index (χ1n) is 6.06. The van der Waals surface area contributed by atoms with Gasteiger partial charge in [-0.1, -0.05) is 6.92 Å². The lowest BCUT2D eigenvalue weighted by molar-refractivity contribution is -0.118. The van der Waals surface area contributed by atoms with Crippen LogP contribution in [0.4, 0.5) is 0 Å². The van der Waals surface area contributed by atoms with E-state index in [9.17, 15) is 4.79 Å². The number of carbonyl (C=O) groups is 1. The van der Waals surface area contributed by atoms with Crippen molar-refractivity contribution in [3.05, 3.63) is 30.1 Å². The normalized spacial score (nSPS) is 12.1.